The van der Waals surface area contributed by atoms with Gasteiger partial charge in [-0.3, -0.25) is 9.78 Å². The molecule has 0 aliphatic carbocycles. The summed E-state index contributed by atoms with van der Waals surface area (Å²) in [7, 11) is 0. The van der Waals surface area contributed by atoms with Crippen molar-refractivity contribution >= 4 is 16.9 Å². The van der Waals surface area contributed by atoms with Crippen molar-refractivity contribution in [3.63, 3.8) is 0 Å². The highest BCUT2D eigenvalue weighted by molar-refractivity contribution is 5.80. The Hall–Kier alpha value is -2.68. The Morgan fingerprint density at radius 2 is 1.88 bits per heavy atom. The van der Waals surface area contributed by atoms with Crippen molar-refractivity contribution in [3.05, 3.63) is 78.0 Å². The fourth-order valence-corrected chi connectivity index (χ4v) is 2.76. The predicted molar refractivity (Wildman–Crippen MR) is 103 cm³/mol. The quantitative estimate of drug-likeness (QED) is 0.590. The maximum Gasteiger partial charge on any atom is 0.306 e. The minimum Gasteiger partial charge on any atom is -0.466 e. The molecular weight excluding hydrogens is 310 g/mol. The molecule has 1 unspecified atom stereocenters. The summed E-state index contributed by atoms with van der Waals surface area (Å²) in [6.45, 7) is 6.19. The van der Waals surface area contributed by atoms with Gasteiger partial charge in [0.05, 0.1) is 19.9 Å². The van der Waals surface area contributed by atoms with Gasteiger partial charge >= 0.3 is 5.97 Å². The normalized spacial score (nSPS) is 11.9. The molecule has 0 radical (unpaired) electrons. The van der Waals surface area contributed by atoms with E-state index in [4.69, 9.17) is 6.11 Å². The van der Waals surface area contributed by atoms with Crippen LogP contribution in [0.1, 0.15) is 45.6 Å². The smallest absolute Gasteiger partial charge is 0.306 e. The Morgan fingerprint density at radius 3 is 2.60 bits per heavy atom. The van der Waals surface area contributed by atoms with Gasteiger partial charge in [0.25, 0.3) is 0 Å². The molecule has 0 fully saturated rings. The zero-order valence-electron chi connectivity index (χ0n) is 16.0. The van der Waals surface area contributed by atoms with Crippen LogP contribution >= 0.6 is 0 Å². The summed E-state index contributed by atoms with van der Waals surface area (Å²) in [6.07, 6.45) is 1.83. The minimum atomic E-state index is -0.209. The van der Waals surface area contributed by atoms with E-state index in [1.54, 1.807) is 6.07 Å². The summed E-state index contributed by atoms with van der Waals surface area (Å²) in [5.74, 6) is -0.289. The molecule has 3 nitrogen and oxygen atoms in total. The van der Waals surface area contributed by atoms with E-state index in [1.165, 1.54) is 6.20 Å². The molecule has 0 bridgehead atoms. The number of hydrogen-bond acceptors (Lipinski definition) is 3. The second kappa shape index (κ2) is 9.58. The lowest BCUT2D eigenvalue weighted by Gasteiger charge is -2.18. The lowest BCUT2D eigenvalue weighted by atomic mass is 9.88. The number of nitrogens with zero attached hydrogens (tertiary/aromatic N) is 1. The first-order valence-corrected chi connectivity index (χ1v) is 8.74. The summed E-state index contributed by atoms with van der Waals surface area (Å²) < 4.78 is 12.9. The third-order valence-corrected chi connectivity index (χ3v) is 3.85. The zero-order valence-corrected chi connectivity index (χ0v) is 15.0. The largest absolute Gasteiger partial charge is 0.466 e. The van der Waals surface area contributed by atoms with Crippen LogP contribution in [-0.4, -0.2) is 17.6 Å². The number of carbonyl (C=O) groups is 1. The molecule has 1 aromatic heterocycles. The number of fused-ring (bicyclic) bond motifs is 1. The monoisotopic (exact) mass is 336 g/mol. The van der Waals surface area contributed by atoms with Crippen molar-refractivity contribution in [2.75, 3.05) is 6.61 Å². The van der Waals surface area contributed by atoms with Gasteiger partial charge in [-0.25, -0.2) is 0 Å². The number of carbonyl (C=O) groups excluding carboxylic acids is 1. The van der Waals surface area contributed by atoms with Gasteiger partial charge in [0.2, 0.25) is 0 Å². The Balaban J connectivity index is 0.00000117. The molecular formula is C22H25NO2. The maximum atomic E-state index is 12.1. The zero-order chi connectivity index (χ0) is 18.9. The average Bonchev–Trinajstić information content (AvgIpc) is 2.68. The first-order valence-electron chi connectivity index (χ1n) is 9.24. The first-order chi connectivity index (χ1) is 12.7. The Kier molecular flexibility index (Phi) is 6.57. The van der Waals surface area contributed by atoms with E-state index in [2.05, 4.69) is 4.98 Å². The lowest BCUT2D eigenvalue weighted by Crippen LogP contribution is -2.11. The highest BCUT2D eigenvalue weighted by Crippen LogP contribution is 2.30. The van der Waals surface area contributed by atoms with E-state index in [9.17, 15) is 4.79 Å². The van der Waals surface area contributed by atoms with Crippen LogP contribution in [0.3, 0.4) is 0 Å². The Morgan fingerprint density at radius 1 is 1.12 bits per heavy atom. The molecule has 3 rings (SSSR count). The number of ether oxygens (including phenoxy) is 1. The van der Waals surface area contributed by atoms with Crippen molar-refractivity contribution in [2.24, 2.45) is 0 Å². The molecule has 1 atom stereocenters. The molecule has 3 heteroatoms. The van der Waals surface area contributed by atoms with E-state index in [0.717, 1.165) is 22.0 Å². The molecule has 0 aliphatic heterocycles. The molecule has 0 amide bonds. The lowest BCUT2D eigenvalue weighted by molar-refractivity contribution is -0.143. The molecule has 0 N–H and O–H groups in total. The van der Waals surface area contributed by atoms with Crippen LogP contribution in [0, 0.1) is 0 Å². The van der Waals surface area contributed by atoms with Crippen LogP contribution in [0.25, 0.3) is 10.9 Å². The molecule has 0 saturated heterocycles. The van der Waals surface area contributed by atoms with E-state index in [-0.39, 0.29) is 18.3 Å². The van der Waals surface area contributed by atoms with E-state index in [1.807, 2.05) is 69.3 Å². The van der Waals surface area contributed by atoms with Crippen molar-refractivity contribution in [3.8, 4) is 0 Å². The van der Waals surface area contributed by atoms with Crippen LogP contribution in [0.15, 0.2) is 66.8 Å². The summed E-state index contributed by atoms with van der Waals surface area (Å²) in [5, 5.41) is 0.907. The Labute approximate surface area is 151 Å². The van der Waals surface area contributed by atoms with Crippen molar-refractivity contribution < 1.29 is 10.9 Å². The molecule has 0 spiro atoms. The van der Waals surface area contributed by atoms with Crippen LogP contribution < -0.4 is 0 Å². The van der Waals surface area contributed by atoms with Gasteiger partial charge in [0.1, 0.15) is 0 Å². The second-order valence-corrected chi connectivity index (χ2v) is 5.36. The number of esters is 1. The molecule has 130 valence electrons. The van der Waals surface area contributed by atoms with E-state index < -0.39 is 0 Å². The predicted octanol–water partition coefficient (Wildman–Crippen LogP) is 5.35. The number of benzene rings is 2. The van der Waals surface area contributed by atoms with Gasteiger partial charge < -0.3 is 4.74 Å². The van der Waals surface area contributed by atoms with Gasteiger partial charge in [0.15, 0.2) is 0 Å². The van der Waals surface area contributed by atoms with Crippen molar-refractivity contribution in [2.45, 2.75) is 33.1 Å². The van der Waals surface area contributed by atoms with Gasteiger partial charge in [0, 0.05) is 17.5 Å². The maximum absolute atomic E-state index is 12.1. The van der Waals surface area contributed by atoms with Gasteiger partial charge in [-0.2, -0.15) is 0 Å². The van der Waals surface area contributed by atoms with E-state index in [0.29, 0.717) is 12.6 Å². The first kappa shape index (κ1) is 17.2. The number of hydrogen-bond donors (Lipinski definition) is 0. The van der Waals surface area contributed by atoms with Gasteiger partial charge in [-0.05, 0) is 36.2 Å². The highest BCUT2D eigenvalue weighted by Gasteiger charge is 2.19. The molecule has 25 heavy (non-hydrogen) atoms. The topological polar surface area (TPSA) is 39.2 Å². The van der Waals surface area contributed by atoms with E-state index >= 15 is 0 Å². The van der Waals surface area contributed by atoms with Crippen LogP contribution in [-0.2, 0) is 9.53 Å². The molecule has 1 heterocycles. The highest BCUT2D eigenvalue weighted by atomic mass is 16.5. The second-order valence-electron chi connectivity index (χ2n) is 5.36. The van der Waals surface area contributed by atoms with Crippen molar-refractivity contribution in [1.29, 1.82) is 0 Å². The van der Waals surface area contributed by atoms with Crippen LogP contribution in [0.5, 0.6) is 0 Å². The van der Waals surface area contributed by atoms with Gasteiger partial charge in [-0.1, -0.05) is 56.3 Å². The SMILES string of the molecule is CC.[2H]c1cnc2ccc(C(CC(=O)OCC)c3ccccc3)cc2c1. The molecule has 2 aromatic carbocycles. The summed E-state index contributed by atoms with van der Waals surface area (Å²) in [6, 6.07) is 18.1. The van der Waals surface area contributed by atoms with Crippen LogP contribution in [0.2, 0.25) is 0 Å². The number of aromatic nitrogens is 1. The minimum absolute atomic E-state index is 0.0796. The summed E-state index contributed by atoms with van der Waals surface area (Å²) >= 11 is 0. The molecule has 0 saturated carbocycles. The standard InChI is InChI=1S/C20H19NO2.C2H6/c1-2-23-20(22)14-18(15-7-4-3-5-8-15)16-10-11-19-17(13-16)9-6-12-21-19;1-2/h3-13,18H,2,14H2,1H3;1-2H3/i6D;. The number of rotatable bonds is 5. The fourth-order valence-electron chi connectivity index (χ4n) is 2.76. The average molecular weight is 336 g/mol. The van der Waals surface area contributed by atoms with Gasteiger partial charge in [-0.15, -0.1) is 0 Å². The molecule has 3 aromatic rings. The Bertz CT molecular complexity index is 849. The van der Waals surface area contributed by atoms with Crippen LogP contribution in [0.4, 0.5) is 0 Å². The third kappa shape index (κ3) is 4.90. The summed E-state index contributed by atoms with van der Waals surface area (Å²) in [4.78, 5) is 16.3. The number of pyridine rings is 1. The molecule has 0 aliphatic rings. The summed E-state index contributed by atoms with van der Waals surface area (Å²) in [5.41, 5.74) is 2.94. The van der Waals surface area contributed by atoms with Crippen molar-refractivity contribution in [1.82, 2.24) is 4.98 Å². The fraction of sp³-hybridized carbons (Fsp3) is 0.273. The third-order valence-electron chi connectivity index (χ3n) is 3.85.